The molecule has 0 atom stereocenters. The molecule has 10 nitrogen and oxygen atoms in total. The Balaban J connectivity index is 1.32. The van der Waals surface area contributed by atoms with Crippen LogP contribution in [0.25, 0.3) is 11.3 Å². The Morgan fingerprint density at radius 3 is 2.47 bits per heavy atom. The van der Waals surface area contributed by atoms with Gasteiger partial charge >= 0.3 is 0 Å². The van der Waals surface area contributed by atoms with Gasteiger partial charge in [-0.05, 0) is 75.6 Å². The summed E-state index contributed by atoms with van der Waals surface area (Å²) in [6.45, 7) is 7.07. The van der Waals surface area contributed by atoms with Gasteiger partial charge in [0.2, 0.25) is 0 Å². The van der Waals surface area contributed by atoms with Gasteiger partial charge in [0.05, 0.1) is 42.2 Å². The molecule has 36 heavy (non-hydrogen) atoms. The van der Waals surface area contributed by atoms with Crippen LogP contribution in [0.15, 0.2) is 43.1 Å². The van der Waals surface area contributed by atoms with Crippen LogP contribution in [0.2, 0.25) is 0 Å². The normalized spacial score (nSPS) is 14.8. The minimum absolute atomic E-state index is 0.247. The number of nitrogens with zero attached hydrogens (tertiary/aromatic N) is 7. The van der Waals surface area contributed by atoms with Crippen molar-refractivity contribution in [2.24, 2.45) is 7.05 Å². The summed E-state index contributed by atoms with van der Waals surface area (Å²) >= 11 is 0. The first-order valence-corrected chi connectivity index (χ1v) is 12.2. The lowest BCUT2D eigenvalue weighted by molar-refractivity contribution is 0.212. The molecular formula is C26H33N9O. The number of rotatable bonds is 7. The molecule has 1 saturated heterocycles. The van der Waals surface area contributed by atoms with Crippen molar-refractivity contribution in [3.63, 3.8) is 0 Å². The average molecular weight is 488 g/mol. The van der Waals surface area contributed by atoms with E-state index in [2.05, 4.69) is 58.4 Å². The highest BCUT2D eigenvalue weighted by Gasteiger charge is 2.20. The van der Waals surface area contributed by atoms with Crippen molar-refractivity contribution in [3.05, 3.63) is 59.8 Å². The van der Waals surface area contributed by atoms with Crippen LogP contribution in [0, 0.1) is 13.8 Å². The standard InChI is InChI=1S/C26H33N9O/c1-17-9-19(10-18(2)23(17)13-28-20-11-30-34(4)15-20)24-14-29-25(27)26(32-24)36-22-12-31-35(16-22)21-5-7-33(3)8-6-21/h9-12,14-16,21,28H,5-8,13H2,1-4H3,(H2,27,29). The number of aryl methyl sites for hydroxylation is 3. The van der Waals surface area contributed by atoms with Crippen LogP contribution in [-0.2, 0) is 13.6 Å². The summed E-state index contributed by atoms with van der Waals surface area (Å²) in [5.41, 5.74) is 12.4. The Kier molecular flexibility index (Phi) is 6.60. The zero-order valence-electron chi connectivity index (χ0n) is 21.3. The van der Waals surface area contributed by atoms with Crippen LogP contribution in [0.5, 0.6) is 11.6 Å². The SMILES string of the molecule is Cc1cc(-c2cnc(N)c(Oc3cnn(C4CCN(C)CC4)c3)n2)cc(C)c1CNc1cnn(C)c1. The molecule has 0 aliphatic carbocycles. The molecule has 1 fully saturated rings. The largest absolute Gasteiger partial charge is 0.433 e. The van der Waals surface area contributed by atoms with Crippen molar-refractivity contribution < 1.29 is 4.74 Å². The van der Waals surface area contributed by atoms with Crippen molar-refractivity contribution in [2.75, 3.05) is 31.2 Å². The molecule has 0 radical (unpaired) electrons. The van der Waals surface area contributed by atoms with Crippen molar-refractivity contribution in [1.82, 2.24) is 34.4 Å². The molecule has 188 valence electrons. The lowest BCUT2D eigenvalue weighted by Gasteiger charge is -2.28. The molecule has 4 aromatic rings. The minimum atomic E-state index is 0.247. The second kappa shape index (κ2) is 9.98. The number of likely N-dealkylation sites (tertiary alicyclic amines) is 1. The first-order valence-electron chi connectivity index (χ1n) is 12.2. The number of nitrogens with two attached hydrogens (primary N) is 1. The number of nitrogen functional groups attached to an aromatic ring is 1. The smallest absolute Gasteiger partial charge is 0.263 e. The van der Waals surface area contributed by atoms with Gasteiger partial charge in [-0.1, -0.05) is 0 Å². The third kappa shape index (κ3) is 5.18. The molecule has 1 aliphatic rings. The van der Waals surface area contributed by atoms with E-state index >= 15 is 0 Å². The lowest BCUT2D eigenvalue weighted by Crippen LogP contribution is -2.31. The van der Waals surface area contributed by atoms with Crippen LogP contribution in [0.3, 0.4) is 0 Å². The number of benzene rings is 1. The minimum Gasteiger partial charge on any atom is -0.433 e. The summed E-state index contributed by atoms with van der Waals surface area (Å²) < 4.78 is 9.80. The van der Waals surface area contributed by atoms with Crippen LogP contribution >= 0.6 is 0 Å². The summed E-state index contributed by atoms with van der Waals surface area (Å²) in [7, 11) is 4.06. The van der Waals surface area contributed by atoms with Crippen molar-refractivity contribution in [3.8, 4) is 22.9 Å². The number of piperidine rings is 1. The van der Waals surface area contributed by atoms with Gasteiger partial charge in [-0.15, -0.1) is 0 Å². The average Bonchev–Trinajstić information content (AvgIpc) is 3.49. The predicted octanol–water partition coefficient (Wildman–Crippen LogP) is 3.94. The molecular weight excluding hydrogens is 454 g/mol. The zero-order chi connectivity index (χ0) is 25.2. The van der Waals surface area contributed by atoms with Gasteiger partial charge in [-0.2, -0.15) is 10.2 Å². The number of hydrogen-bond donors (Lipinski definition) is 2. The first kappa shape index (κ1) is 23.8. The molecule has 3 aromatic heterocycles. The van der Waals surface area contributed by atoms with Gasteiger partial charge in [-0.25, -0.2) is 9.97 Å². The third-order valence-corrected chi connectivity index (χ3v) is 6.79. The van der Waals surface area contributed by atoms with E-state index in [4.69, 9.17) is 15.5 Å². The molecule has 0 spiro atoms. The Bertz CT molecular complexity index is 1330. The van der Waals surface area contributed by atoms with E-state index in [9.17, 15) is 0 Å². The van der Waals surface area contributed by atoms with E-state index in [0.717, 1.165) is 37.2 Å². The van der Waals surface area contributed by atoms with Gasteiger partial charge in [0.25, 0.3) is 5.88 Å². The number of anilines is 2. The van der Waals surface area contributed by atoms with Crippen LogP contribution in [-0.4, -0.2) is 54.6 Å². The number of hydrogen-bond acceptors (Lipinski definition) is 8. The van der Waals surface area contributed by atoms with E-state index in [-0.39, 0.29) is 11.7 Å². The number of aromatic nitrogens is 6. The third-order valence-electron chi connectivity index (χ3n) is 6.79. The fourth-order valence-electron chi connectivity index (χ4n) is 4.66. The molecule has 4 heterocycles. The van der Waals surface area contributed by atoms with E-state index in [1.807, 2.05) is 30.3 Å². The molecule has 1 aromatic carbocycles. The van der Waals surface area contributed by atoms with Gasteiger partial charge in [0, 0.05) is 25.4 Å². The summed E-state index contributed by atoms with van der Waals surface area (Å²) in [6.07, 6.45) is 11.2. The molecule has 0 bridgehead atoms. The summed E-state index contributed by atoms with van der Waals surface area (Å²) in [5, 5.41) is 12.2. The molecule has 1 aliphatic heterocycles. The van der Waals surface area contributed by atoms with Gasteiger partial charge in [0.1, 0.15) is 0 Å². The van der Waals surface area contributed by atoms with Gasteiger partial charge < -0.3 is 20.7 Å². The molecule has 0 amide bonds. The Labute approximate surface area is 211 Å². The van der Waals surface area contributed by atoms with E-state index in [1.165, 1.54) is 16.7 Å². The van der Waals surface area contributed by atoms with E-state index < -0.39 is 0 Å². The fourth-order valence-corrected chi connectivity index (χ4v) is 4.66. The van der Waals surface area contributed by atoms with Crippen LogP contribution < -0.4 is 15.8 Å². The highest BCUT2D eigenvalue weighted by Crippen LogP contribution is 2.30. The zero-order valence-corrected chi connectivity index (χ0v) is 21.3. The Morgan fingerprint density at radius 1 is 1.03 bits per heavy atom. The van der Waals surface area contributed by atoms with Crippen LogP contribution in [0.4, 0.5) is 11.5 Å². The Morgan fingerprint density at radius 2 is 1.78 bits per heavy atom. The van der Waals surface area contributed by atoms with Crippen molar-refractivity contribution >= 4 is 11.5 Å². The quantitative estimate of drug-likeness (QED) is 0.403. The fraction of sp³-hybridized carbons (Fsp3) is 0.385. The van der Waals surface area contributed by atoms with E-state index in [0.29, 0.717) is 24.0 Å². The van der Waals surface area contributed by atoms with Crippen molar-refractivity contribution in [1.29, 1.82) is 0 Å². The summed E-state index contributed by atoms with van der Waals surface area (Å²) in [4.78, 5) is 11.4. The second-order valence-electron chi connectivity index (χ2n) is 9.58. The number of ether oxygens (including phenoxy) is 1. The Hall–Kier alpha value is -3.92. The number of nitrogens with one attached hydrogen (secondary N) is 1. The lowest BCUT2D eigenvalue weighted by atomic mass is 9.98. The predicted molar refractivity (Wildman–Crippen MR) is 140 cm³/mol. The molecule has 0 unspecified atom stereocenters. The second-order valence-corrected chi connectivity index (χ2v) is 9.58. The van der Waals surface area contributed by atoms with Gasteiger partial charge in [0.15, 0.2) is 11.6 Å². The molecule has 3 N–H and O–H groups in total. The van der Waals surface area contributed by atoms with E-state index in [1.54, 1.807) is 17.1 Å². The molecule has 10 heteroatoms. The maximum atomic E-state index is 6.11. The van der Waals surface area contributed by atoms with Crippen molar-refractivity contribution in [2.45, 2.75) is 39.3 Å². The highest BCUT2D eigenvalue weighted by atomic mass is 16.5. The summed E-state index contributed by atoms with van der Waals surface area (Å²) in [5.74, 6) is 1.14. The maximum Gasteiger partial charge on any atom is 0.263 e. The topological polar surface area (TPSA) is 112 Å². The van der Waals surface area contributed by atoms with Crippen LogP contribution in [0.1, 0.15) is 35.6 Å². The van der Waals surface area contributed by atoms with Gasteiger partial charge in [-0.3, -0.25) is 9.36 Å². The first-order chi connectivity index (χ1) is 17.4. The molecule has 5 rings (SSSR count). The summed E-state index contributed by atoms with van der Waals surface area (Å²) in [6, 6.07) is 4.62. The highest BCUT2D eigenvalue weighted by molar-refractivity contribution is 5.64. The monoisotopic (exact) mass is 487 g/mol. The molecule has 0 saturated carbocycles. The maximum absolute atomic E-state index is 6.11.